The lowest BCUT2D eigenvalue weighted by molar-refractivity contribution is -0.118. The third-order valence-corrected chi connectivity index (χ3v) is 4.36. The van der Waals surface area contributed by atoms with Crippen LogP contribution in [0.2, 0.25) is 0 Å². The number of carbonyl (C=O) groups excluding carboxylic acids is 1. The number of amides is 1. The molecule has 4 heteroatoms. The van der Waals surface area contributed by atoms with Crippen LogP contribution >= 0.6 is 11.6 Å². The first-order chi connectivity index (χ1) is 8.26. The molecule has 98 valence electrons. The molecule has 0 spiro atoms. The Morgan fingerprint density at radius 2 is 2.06 bits per heavy atom. The fourth-order valence-corrected chi connectivity index (χ4v) is 2.90. The predicted molar refractivity (Wildman–Crippen MR) is 73.0 cm³/mol. The topological polar surface area (TPSA) is 40.5 Å². The molecule has 1 aliphatic rings. The lowest BCUT2D eigenvalue weighted by atomic mass is 9.83. The number of hydrogen-bond donors (Lipinski definition) is 1. The summed E-state index contributed by atoms with van der Waals surface area (Å²) in [5.74, 6) is -0.0670. The van der Waals surface area contributed by atoms with E-state index in [1.165, 1.54) is 6.92 Å². The van der Waals surface area contributed by atoms with Crippen LogP contribution in [0.3, 0.4) is 0 Å². The van der Waals surface area contributed by atoms with E-state index < -0.39 is 17.0 Å². The standard InChI is InChI=1S/C14H18ClNO2/c1-8-5-6-11-10(7-8)12(18)13(15)14(3,4)16(11)9(2)17/h5-7,12-13,18H,1-4H3/t12-,13+/m0/s1. The molecule has 1 amide bonds. The molecule has 2 atom stereocenters. The Bertz CT molecular complexity index is 499. The minimum atomic E-state index is -0.757. The van der Waals surface area contributed by atoms with Gasteiger partial charge in [0.2, 0.25) is 5.91 Å². The van der Waals surface area contributed by atoms with Gasteiger partial charge in [0.15, 0.2) is 0 Å². The average Bonchev–Trinajstić information content (AvgIpc) is 2.27. The van der Waals surface area contributed by atoms with Gasteiger partial charge in [0, 0.05) is 12.5 Å². The highest BCUT2D eigenvalue weighted by Gasteiger charge is 2.46. The Morgan fingerprint density at radius 1 is 1.44 bits per heavy atom. The first kappa shape index (κ1) is 13.4. The van der Waals surface area contributed by atoms with Crippen LogP contribution < -0.4 is 4.90 Å². The van der Waals surface area contributed by atoms with E-state index >= 15 is 0 Å². The lowest BCUT2D eigenvalue weighted by Crippen LogP contribution is -2.57. The number of halogens is 1. The second-order valence-electron chi connectivity index (χ2n) is 5.42. The number of alkyl halides is 1. The maximum atomic E-state index is 11.9. The molecule has 2 rings (SSSR count). The SMILES string of the molecule is CC(=O)N1c2ccc(C)cc2[C@H](O)[C@@H](Cl)C1(C)C. The van der Waals surface area contributed by atoms with E-state index in [4.69, 9.17) is 11.6 Å². The van der Waals surface area contributed by atoms with Crippen LogP contribution in [0.15, 0.2) is 18.2 Å². The fraction of sp³-hybridized carbons (Fsp3) is 0.500. The number of fused-ring (bicyclic) bond motifs is 1. The molecule has 0 fully saturated rings. The van der Waals surface area contributed by atoms with Crippen LogP contribution in [0.4, 0.5) is 5.69 Å². The van der Waals surface area contributed by atoms with Gasteiger partial charge in [-0.2, -0.15) is 0 Å². The van der Waals surface area contributed by atoms with Crippen LogP contribution in [-0.4, -0.2) is 21.9 Å². The third kappa shape index (κ3) is 1.82. The summed E-state index contributed by atoms with van der Waals surface area (Å²) < 4.78 is 0. The van der Waals surface area contributed by atoms with Gasteiger partial charge in [-0.05, 0) is 26.8 Å². The smallest absolute Gasteiger partial charge is 0.224 e. The molecular weight excluding hydrogens is 250 g/mol. The number of carbonyl (C=O) groups is 1. The Hall–Kier alpha value is -1.06. The molecule has 0 saturated heterocycles. The highest BCUT2D eigenvalue weighted by molar-refractivity contribution is 6.23. The Kier molecular flexibility index (Phi) is 3.16. The van der Waals surface area contributed by atoms with Crippen LogP contribution in [0.1, 0.15) is 38.0 Å². The lowest BCUT2D eigenvalue weighted by Gasteiger charge is -2.48. The van der Waals surface area contributed by atoms with Crippen molar-refractivity contribution in [3.05, 3.63) is 29.3 Å². The molecular formula is C14H18ClNO2. The van der Waals surface area contributed by atoms with Crippen molar-refractivity contribution in [3.8, 4) is 0 Å². The summed E-state index contributed by atoms with van der Waals surface area (Å²) in [4.78, 5) is 13.6. The van der Waals surface area contributed by atoms with Gasteiger partial charge in [0.05, 0.1) is 22.7 Å². The molecule has 0 aliphatic carbocycles. The van der Waals surface area contributed by atoms with E-state index in [0.717, 1.165) is 16.8 Å². The Morgan fingerprint density at radius 3 is 2.61 bits per heavy atom. The Labute approximate surface area is 112 Å². The van der Waals surface area contributed by atoms with E-state index in [1.807, 2.05) is 39.0 Å². The predicted octanol–water partition coefficient (Wildman–Crippen LogP) is 2.78. The van der Waals surface area contributed by atoms with Crippen molar-refractivity contribution >= 4 is 23.2 Å². The maximum absolute atomic E-state index is 11.9. The monoisotopic (exact) mass is 267 g/mol. The molecule has 0 aromatic heterocycles. The third-order valence-electron chi connectivity index (χ3n) is 3.59. The van der Waals surface area contributed by atoms with Gasteiger partial charge in [-0.15, -0.1) is 11.6 Å². The van der Waals surface area contributed by atoms with Crippen molar-refractivity contribution in [1.29, 1.82) is 0 Å². The molecule has 1 aliphatic heterocycles. The molecule has 18 heavy (non-hydrogen) atoms. The summed E-state index contributed by atoms with van der Waals surface area (Å²) in [6.07, 6.45) is -0.757. The molecule has 0 bridgehead atoms. The van der Waals surface area contributed by atoms with Gasteiger partial charge in [-0.1, -0.05) is 17.7 Å². The second-order valence-corrected chi connectivity index (χ2v) is 5.89. The van der Waals surface area contributed by atoms with Crippen molar-refractivity contribution in [2.45, 2.75) is 44.7 Å². The minimum Gasteiger partial charge on any atom is -0.387 e. The van der Waals surface area contributed by atoms with E-state index in [9.17, 15) is 9.90 Å². The number of aliphatic hydroxyl groups excluding tert-OH is 1. The van der Waals surface area contributed by atoms with Gasteiger partial charge in [-0.3, -0.25) is 4.79 Å². The maximum Gasteiger partial charge on any atom is 0.224 e. The zero-order chi connectivity index (χ0) is 13.7. The number of benzene rings is 1. The highest BCUT2D eigenvalue weighted by Crippen LogP contribution is 2.45. The van der Waals surface area contributed by atoms with Crippen molar-refractivity contribution in [2.75, 3.05) is 4.90 Å². The zero-order valence-corrected chi connectivity index (χ0v) is 11.8. The second kappa shape index (κ2) is 4.25. The number of aryl methyl sites for hydroxylation is 1. The molecule has 1 aromatic carbocycles. The van der Waals surface area contributed by atoms with E-state index in [0.29, 0.717) is 0 Å². The molecule has 3 nitrogen and oxygen atoms in total. The molecule has 1 heterocycles. The average molecular weight is 268 g/mol. The number of nitrogens with zero attached hydrogens (tertiary/aromatic N) is 1. The van der Waals surface area contributed by atoms with Crippen LogP contribution in [0.5, 0.6) is 0 Å². The van der Waals surface area contributed by atoms with Gasteiger partial charge in [0.25, 0.3) is 0 Å². The summed E-state index contributed by atoms with van der Waals surface area (Å²) in [5.41, 5.74) is 1.90. The zero-order valence-electron chi connectivity index (χ0n) is 11.1. The quantitative estimate of drug-likeness (QED) is 0.735. The molecule has 1 N–H and O–H groups in total. The molecule has 0 radical (unpaired) electrons. The van der Waals surface area contributed by atoms with Gasteiger partial charge < -0.3 is 10.0 Å². The molecule has 0 saturated carbocycles. The first-order valence-corrected chi connectivity index (χ1v) is 6.44. The highest BCUT2D eigenvalue weighted by atomic mass is 35.5. The van der Waals surface area contributed by atoms with Gasteiger partial charge in [0.1, 0.15) is 0 Å². The summed E-state index contributed by atoms with van der Waals surface area (Å²) in [6, 6.07) is 5.70. The van der Waals surface area contributed by atoms with Gasteiger partial charge in [-0.25, -0.2) is 0 Å². The van der Waals surface area contributed by atoms with Gasteiger partial charge >= 0.3 is 0 Å². The van der Waals surface area contributed by atoms with Crippen LogP contribution in [-0.2, 0) is 4.79 Å². The normalized spacial score (nSPS) is 25.8. The molecule has 0 unspecified atom stereocenters. The van der Waals surface area contributed by atoms with E-state index in [2.05, 4.69) is 0 Å². The van der Waals surface area contributed by atoms with Crippen LogP contribution in [0, 0.1) is 6.92 Å². The van der Waals surface area contributed by atoms with E-state index in [1.54, 1.807) is 4.90 Å². The number of rotatable bonds is 0. The summed E-state index contributed by atoms with van der Waals surface area (Å²) in [6.45, 7) is 7.22. The van der Waals surface area contributed by atoms with E-state index in [-0.39, 0.29) is 5.91 Å². The van der Waals surface area contributed by atoms with Crippen molar-refractivity contribution in [3.63, 3.8) is 0 Å². The minimum absolute atomic E-state index is 0.0670. The van der Waals surface area contributed by atoms with Crippen molar-refractivity contribution in [2.24, 2.45) is 0 Å². The fourth-order valence-electron chi connectivity index (χ4n) is 2.67. The largest absolute Gasteiger partial charge is 0.387 e. The summed E-state index contributed by atoms with van der Waals surface area (Å²) >= 11 is 6.33. The number of anilines is 1. The summed E-state index contributed by atoms with van der Waals surface area (Å²) in [7, 11) is 0. The number of aliphatic hydroxyl groups is 1. The summed E-state index contributed by atoms with van der Waals surface area (Å²) in [5, 5.41) is 9.79. The van der Waals surface area contributed by atoms with Crippen LogP contribution in [0.25, 0.3) is 0 Å². The first-order valence-electron chi connectivity index (χ1n) is 6.00. The van der Waals surface area contributed by atoms with Crippen molar-refractivity contribution < 1.29 is 9.90 Å². The Balaban J connectivity index is 2.68. The molecule has 1 aromatic rings. The van der Waals surface area contributed by atoms with Crippen molar-refractivity contribution in [1.82, 2.24) is 0 Å². The number of hydrogen-bond acceptors (Lipinski definition) is 2.